The summed E-state index contributed by atoms with van der Waals surface area (Å²) in [5.74, 6) is -0.125. The van der Waals surface area contributed by atoms with E-state index in [4.69, 9.17) is 0 Å². The summed E-state index contributed by atoms with van der Waals surface area (Å²) in [4.78, 5) is 32.6. The first-order valence-electron chi connectivity index (χ1n) is 6.06. The van der Waals surface area contributed by atoms with Crippen LogP contribution in [0, 0.1) is 6.92 Å². The molecule has 0 aliphatic rings. The molecule has 0 aliphatic heterocycles. The second kappa shape index (κ2) is 5.13. The lowest BCUT2D eigenvalue weighted by Gasteiger charge is -2.08. The number of fused-ring (bicyclic) bond motifs is 1. The summed E-state index contributed by atoms with van der Waals surface area (Å²) >= 11 is 3.30. The van der Waals surface area contributed by atoms with E-state index in [-0.39, 0.29) is 17.4 Å². The van der Waals surface area contributed by atoms with Crippen LogP contribution in [0.25, 0.3) is 5.78 Å². The van der Waals surface area contributed by atoms with Gasteiger partial charge in [-0.2, -0.15) is 4.52 Å². The third-order valence-corrected chi connectivity index (χ3v) is 3.66. The highest BCUT2D eigenvalue weighted by Gasteiger charge is 2.16. The molecule has 1 amide bonds. The quantitative estimate of drug-likeness (QED) is 0.738. The van der Waals surface area contributed by atoms with Crippen molar-refractivity contribution in [2.24, 2.45) is 0 Å². The number of carbonyl (C=O) groups is 1. The highest BCUT2D eigenvalue weighted by molar-refractivity contribution is 9.10. The van der Waals surface area contributed by atoms with E-state index < -0.39 is 5.56 Å². The zero-order chi connectivity index (χ0) is 15.0. The SMILES string of the molecule is Cc1nc2nc[nH]n2c(=O)c1NC(=O)c1ccccc1Br. The smallest absolute Gasteiger partial charge is 0.298 e. The molecule has 0 bridgehead atoms. The number of hydrogen-bond donors (Lipinski definition) is 2. The predicted octanol–water partition coefficient (Wildman–Crippen LogP) is 1.74. The predicted molar refractivity (Wildman–Crippen MR) is 80.4 cm³/mol. The first-order valence-corrected chi connectivity index (χ1v) is 6.86. The molecule has 2 aromatic heterocycles. The third kappa shape index (κ3) is 2.33. The molecule has 2 N–H and O–H groups in total. The number of nitrogens with one attached hydrogen (secondary N) is 2. The minimum atomic E-state index is -0.407. The van der Waals surface area contributed by atoms with E-state index in [9.17, 15) is 9.59 Å². The van der Waals surface area contributed by atoms with Gasteiger partial charge >= 0.3 is 0 Å². The highest BCUT2D eigenvalue weighted by Crippen LogP contribution is 2.17. The maximum atomic E-state index is 12.3. The van der Waals surface area contributed by atoms with Gasteiger partial charge in [0.05, 0.1) is 11.3 Å². The van der Waals surface area contributed by atoms with Crippen LogP contribution in [0.5, 0.6) is 0 Å². The number of benzene rings is 1. The van der Waals surface area contributed by atoms with Crippen LogP contribution in [0.2, 0.25) is 0 Å². The Morgan fingerprint density at radius 1 is 1.38 bits per heavy atom. The van der Waals surface area contributed by atoms with Crippen LogP contribution >= 0.6 is 15.9 Å². The molecule has 21 heavy (non-hydrogen) atoms. The molecule has 0 fully saturated rings. The fraction of sp³-hybridized carbons (Fsp3) is 0.0769. The second-order valence-corrected chi connectivity index (χ2v) is 5.19. The van der Waals surface area contributed by atoms with E-state index in [0.717, 1.165) is 0 Å². The number of nitrogens with zero attached hydrogens (tertiary/aromatic N) is 3. The van der Waals surface area contributed by atoms with Crippen molar-refractivity contribution in [3.8, 4) is 0 Å². The van der Waals surface area contributed by atoms with Gasteiger partial charge < -0.3 is 5.32 Å². The van der Waals surface area contributed by atoms with Crippen molar-refractivity contribution in [3.05, 3.63) is 56.7 Å². The molecule has 0 atom stereocenters. The number of H-pyrrole nitrogens is 1. The molecule has 0 saturated heterocycles. The number of aryl methyl sites for hydroxylation is 1. The highest BCUT2D eigenvalue weighted by atomic mass is 79.9. The Labute approximate surface area is 127 Å². The van der Waals surface area contributed by atoms with Crippen molar-refractivity contribution in [1.82, 2.24) is 19.6 Å². The van der Waals surface area contributed by atoms with E-state index in [1.807, 2.05) is 0 Å². The van der Waals surface area contributed by atoms with Crippen molar-refractivity contribution in [3.63, 3.8) is 0 Å². The van der Waals surface area contributed by atoms with Gasteiger partial charge in [0.15, 0.2) is 0 Å². The average Bonchev–Trinajstić information content (AvgIpc) is 2.92. The zero-order valence-electron chi connectivity index (χ0n) is 10.9. The summed E-state index contributed by atoms with van der Waals surface area (Å²) in [5, 5.41) is 5.25. The lowest BCUT2D eigenvalue weighted by atomic mass is 10.2. The summed E-state index contributed by atoms with van der Waals surface area (Å²) in [5.41, 5.74) is 0.561. The molecule has 0 aliphatic carbocycles. The average molecular weight is 348 g/mol. The molecule has 8 heteroatoms. The van der Waals surface area contributed by atoms with Crippen LogP contribution in [-0.2, 0) is 0 Å². The van der Waals surface area contributed by atoms with Crippen molar-refractivity contribution in [2.45, 2.75) is 6.92 Å². The molecular weight excluding hydrogens is 338 g/mol. The Kier molecular flexibility index (Phi) is 3.30. The van der Waals surface area contributed by atoms with Crippen LogP contribution < -0.4 is 10.9 Å². The molecule has 1 aromatic carbocycles. The molecule has 0 saturated carbocycles. The van der Waals surface area contributed by atoms with Crippen LogP contribution in [0.3, 0.4) is 0 Å². The lowest BCUT2D eigenvalue weighted by molar-refractivity contribution is 0.102. The Hall–Kier alpha value is -2.48. The monoisotopic (exact) mass is 347 g/mol. The molecule has 3 aromatic rings. The van der Waals surface area contributed by atoms with Crippen molar-refractivity contribution in [2.75, 3.05) is 5.32 Å². The summed E-state index contributed by atoms with van der Waals surface area (Å²) in [6.07, 6.45) is 1.36. The molecule has 2 heterocycles. The third-order valence-electron chi connectivity index (χ3n) is 2.97. The number of aromatic amines is 1. The Bertz CT molecular complexity index is 899. The topological polar surface area (TPSA) is 92.2 Å². The van der Waals surface area contributed by atoms with Gasteiger partial charge in [-0.3, -0.25) is 14.7 Å². The number of aromatic nitrogens is 4. The molecule has 7 nitrogen and oxygen atoms in total. The zero-order valence-corrected chi connectivity index (χ0v) is 12.5. The van der Waals surface area contributed by atoms with Crippen LogP contribution in [0.1, 0.15) is 16.1 Å². The molecule has 0 unspecified atom stereocenters. The Morgan fingerprint density at radius 2 is 2.14 bits per heavy atom. The van der Waals surface area contributed by atoms with Gasteiger partial charge in [-0.25, -0.2) is 9.97 Å². The van der Waals surface area contributed by atoms with E-state index >= 15 is 0 Å². The van der Waals surface area contributed by atoms with Gasteiger partial charge in [0, 0.05) is 4.47 Å². The number of anilines is 1. The fourth-order valence-electron chi connectivity index (χ4n) is 1.93. The van der Waals surface area contributed by atoms with Crippen LogP contribution in [0.15, 0.2) is 39.9 Å². The standard InChI is InChI=1S/C13H10BrN5O2/c1-7-10(12(21)19-13(17-7)15-6-16-19)18-11(20)8-4-2-3-5-9(8)14/h2-6H,1H3,(H,18,20)(H,15,16,17). The van der Waals surface area contributed by atoms with Crippen LogP contribution in [0.4, 0.5) is 5.69 Å². The number of amides is 1. The number of hydrogen-bond acceptors (Lipinski definition) is 4. The normalized spacial score (nSPS) is 10.8. The van der Waals surface area contributed by atoms with E-state index in [1.54, 1.807) is 31.2 Å². The van der Waals surface area contributed by atoms with Crippen molar-refractivity contribution < 1.29 is 4.79 Å². The van der Waals surface area contributed by atoms with Crippen LogP contribution in [-0.4, -0.2) is 25.5 Å². The van der Waals surface area contributed by atoms with Gasteiger partial charge in [-0.1, -0.05) is 12.1 Å². The summed E-state index contributed by atoms with van der Waals surface area (Å²) in [6.45, 7) is 1.64. The molecule has 0 spiro atoms. The Morgan fingerprint density at radius 3 is 2.90 bits per heavy atom. The van der Waals surface area contributed by atoms with Gasteiger partial charge in [0.1, 0.15) is 12.0 Å². The van der Waals surface area contributed by atoms with Crippen molar-refractivity contribution >= 4 is 33.3 Å². The summed E-state index contributed by atoms with van der Waals surface area (Å²) in [7, 11) is 0. The van der Waals surface area contributed by atoms with E-state index in [2.05, 4.69) is 36.3 Å². The van der Waals surface area contributed by atoms with E-state index in [1.165, 1.54) is 10.8 Å². The largest absolute Gasteiger partial charge is 0.316 e. The minimum Gasteiger partial charge on any atom is -0.316 e. The van der Waals surface area contributed by atoms with Gasteiger partial charge in [0.25, 0.3) is 17.2 Å². The molecule has 106 valence electrons. The first kappa shape index (κ1) is 13.5. The fourth-order valence-corrected chi connectivity index (χ4v) is 2.40. The maximum absolute atomic E-state index is 12.3. The summed E-state index contributed by atoms with van der Waals surface area (Å²) in [6, 6.07) is 6.97. The van der Waals surface area contributed by atoms with E-state index in [0.29, 0.717) is 15.7 Å². The number of carbonyl (C=O) groups excluding carboxylic acids is 1. The maximum Gasteiger partial charge on any atom is 0.298 e. The van der Waals surface area contributed by atoms with Gasteiger partial charge in [-0.15, -0.1) is 0 Å². The number of halogens is 1. The van der Waals surface area contributed by atoms with Gasteiger partial charge in [0.2, 0.25) is 0 Å². The first-order chi connectivity index (χ1) is 10.1. The molecule has 0 radical (unpaired) electrons. The lowest BCUT2D eigenvalue weighted by Crippen LogP contribution is -2.25. The second-order valence-electron chi connectivity index (χ2n) is 4.33. The molecule has 3 rings (SSSR count). The molecular formula is C13H10BrN5O2. The van der Waals surface area contributed by atoms with Gasteiger partial charge in [-0.05, 0) is 35.0 Å². The minimum absolute atomic E-state index is 0.123. The Balaban J connectivity index is 2.04. The van der Waals surface area contributed by atoms with Crippen molar-refractivity contribution in [1.29, 1.82) is 0 Å². The summed E-state index contributed by atoms with van der Waals surface area (Å²) < 4.78 is 1.82. The number of rotatable bonds is 2.